The van der Waals surface area contributed by atoms with Gasteiger partial charge in [0.1, 0.15) is 11.5 Å². The van der Waals surface area contributed by atoms with E-state index in [0.29, 0.717) is 35.2 Å². The van der Waals surface area contributed by atoms with Crippen molar-refractivity contribution in [1.29, 1.82) is 0 Å². The van der Waals surface area contributed by atoms with E-state index in [9.17, 15) is 4.79 Å². The van der Waals surface area contributed by atoms with Gasteiger partial charge in [-0.1, -0.05) is 37.3 Å². The fraction of sp³-hybridized carbons (Fsp3) is 0.217. The molecular weight excluding hydrogens is 378 g/mol. The average Bonchev–Trinajstić information content (AvgIpc) is 3.38. The first-order chi connectivity index (χ1) is 14.5. The number of hydrogen-bond donors (Lipinski definition) is 1. The zero-order valence-electron chi connectivity index (χ0n) is 17.2. The lowest BCUT2D eigenvalue weighted by atomic mass is 10.0. The molecule has 0 aliphatic rings. The number of rotatable bonds is 6. The van der Waals surface area contributed by atoms with E-state index in [2.05, 4.69) is 39.4 Å². The number of furan rings is 1. The van der Waals surface area contributed by atoms with E-state index in [1.165, 1.54) is 5.56 Å². The molecule has 1 unspecified atom stereocenters. The van der Waals surface area contributed by atoms with Gasteiger partial charge in [0.05, 0.1) is 17.5 Å². The number of nitrogens with one attached hydrogen (secondary N) is 1. The van der Waals surface area contributed by atoms with Crippen LogP contribution in [0, 0.1) is 13.8 Å². The predicted molar refractivity (Wildman–Crippen MR) is 114 cm³/mol. The zero-order valence-corrected chi connectivity index (χ0v) is 17.2. The summed E-state index contributed by atoms with van der Waals surface area (Å²) in [5, 5.41) is 7.33. The van der Waals surface area contributed by atoms with Gasteiger partial charge in [-0.25, -0.2) is 14.6 Å². The summed E-state index contributed by atoms with van der Waals surface area (Å²) in [4.78, 5) is 21.6. The number of amides is 1. The quantitative estimate of drug-likeness (QED) is 0.526. The molecule has 3 heterocycles. The summed E-state index contributed by atoms with van der Waals surface area (Å²) in [5.74, 6) is 1.90. The Bertz CT molecular complexity index is 1160. The Morgan fingerprint density at radius 2 is 1.93 bits per heavy atom. The molecule has 0 saturated carbocycles. The summed E-state index contributed by atoms with van der Waals surface area (Å²) in [6.45, 7) is 6.33. The number of benzene rings is 1. The van der Waals surface area contributed by atoms with Crippen molar-refractivity contribution in [3.05, 3.63) is 83.5 Å². The van der Waals surface area contributed by atoms with Crippen LogP contribution < -0.4 is 5.32 Å². The van der Waals surface area contributed by atoms with Crippen LogP contribution in [-0.2, 0) is 0 Å². The molecule has 1 amide bonds. The van der Waals surface area contributed by atoms with Gasteiger partial charge in [0, 0.05) is 12.7 Å². The minimum Gasteiger partial charge on any atom is -0.460 e. The lowest BCUT2D eigenvalue weighted by Gasteiger charge is -2.13. The third-order valence-electron chi connectivity index (χ3n) is 5.02. The molecule has 1 atom stereocenters. The topological polar surface area (TPSA) is 85.8 Å². The Morgan fingerprint density at radius 1 is 1.13 bits per heavy atom. The van der Waals surface area contributed by atoms with Crippen LogP contribution in [0.5, 0.6) is 0 Å². The highest BCUT2D eigenvalue weighted by Gasteiger charge is 2.18. The maximum atomic E-state index is 12.7. The highest BCUT2D eigenvalue weighted by molar-refractivity contribution is 5.95. The molecule has 30 heavy (non-hydrogen) atoms. The molecule has 3 aromatic heterocycles. The van der Waals surface area contributed by atoms with Crippen LogP contribution in [0.2, 0.25) is 0 Å². The van der Waals surface area contributed by atoms with Gasteiger partial charge >= 0.3 is 0 Å². The van der Waals surface area contributed by atoms with Gasteiger partial charge < -0.3 is 9.73 Å². The predicted octanol–water partition coefficient (Wildman–Crippen LogP) is 4.07. The second-order valence-electron chi connectivity index (χ2n) is 7.23. The summed E-state index contributed by atoms with van der Waals surface area (Å²) in [6, 6.07) is 15.6. The molecule has 0 saturated heterocycles. The van der Waals surface area contributed by atoms with Gasteiger partial charge in [0.15, 0.2) is 5.76 Å². The van der Waals surface area contributed by atoms with Crippen molar-refractivity contribution in [1.82, 2.24) is 25.1 Å². The molecule has 152 valence electrons. The molecule has 1 aromatic carbocycles. The van der Waals surface area contributed by atoms with Gasteiger partial charge in [-0.2, -0.15) is 5.10 Å². The number of hydrogen-bond acceptors (Lipinski definition) is 5. The number of carbonyl (C=O) groups excluding carboxylic acids is 1. The summed E-state index contributed by atoms with van der Waals surface area (Å²) in [7, 11) is 0. The van der Waals surface area contributed by atoms with Crippen molar-refractivity contribution < 1.29 is 9.21 Å². The van der Waals surface area contributed by atoms with Crippen LogP contribution in [0.3, 0.4) is 0 Å². The van der Waals surface area contributed by atoms with Gasteiger partial charge in [0.2, 0.25) is 0 Å². The molecule has 0 radical (unpaired) electrons. The molecule has 4 aromatic rings. The van der Waals surface area contributed by atoms with Gasteiger partial charge in [-0.05, 0) is 43.5 Å². The Labute approximate surface area is 174 Å². The average molecular weight is 401 g/mol. The Kier molecular flexibility index (Phi) is 5.43. The van der Waals surface area contributed by atoms with Crippen molar-refractivity contribution in [2.24, 2.45) is 0 Å². The summed E-state index contributed by atoms with van der Waals surface area (Å²) < 4.78 is 7.21. The number of carbonyl (C=O) groups is 1. The molecule has 0 aliphatic carbocycles. The second kappa shape index (κ2) is 8.32. The van der Waals surface area contributed by atoms with Gasteiger partial charge in [0.25, 0.3) is 11.9 Å². The minimum atomic E-state index is -0.167. The first-order valence-electron chi connectivity index (χ1n) is 9.81. The van der Waals surface area contributed by atoms with E-state index in [-0.39, 0.29) is 11.8 Å². The molecule has 0 bridgehead atoms. The Morgan fingerprint density at radius 3 is 2.67 bits per heavy atom. The third kappa shape index (κ3) is 4.00. The van der Waals surface area contributed by atoms with E-state index in [1.807, 2.05) is 44.2 Å². The largest absolute Gasteiger partial charge is 0.460 e. The fourth-order valence-corrected chi connectivity index (χ4v) is 3.23. The van der Waals surface area contributed by atoms with Crippen LogP contribution in [-0.4, -0.2) is 32.2 Å². The lowest BCUT2D eigenvalue weighted by Crippen LogP contribution is -2.27. The van der Waals surface area contributed by atoms with Crippen LogP contribution in [0.25, 0.3) is 17.4 Å². The smallest absolute Gasteiger partial charge is 0.254 e. The molecule has 0 aliphatic heterocycles. The number of aromatic nitrogens is 4. The van der Waals surface area contributed by atoms with Gasteiger partial charge in [-0.15, -0.1) is 0 Å². The lowest BCUT2D eigenvalue weighted by molar-refractivity contribution is 0.0951. The van der Waals surface area contributed by atoms with E-state index in [0.717, 1.165) is 5.76 Å². The van der Waals surface area contributed by atoms with Crippen LogP contribution >= 0.6 is 0 Å². The molecule has 0 fully saturated rings. The van der Waals surface area contributed by atoms with Crippen LogP contribution in [0.1, 0.15) is 40.2 Å². The summed E-state index contributed by atoms with van der Waals surface area (Å²) in [5.41, 5.74) is 3.01. The van der Waals surface area contributed by atoms with Crippen LogP contribution in [0.15, 0.2) is 65.3 Å². The molecule has 4 rings (SSSR count). The van der Waals surface area contributed by atoms with E-state index >= 15 is 0 Å². The minimum absolute atomic E-state index is 0.167. The number of aryl methyl sites for hydroxylation is 1. The monoisotopic (exact) mass is 401 g/mol. The Hall–Kier alpha value is -3.74. The number of nitrogens with zero attached hydrogens (tertiary/aromatic N) is 4. The fourth-order valence-electron chi connectivity index (χ4n) is 3.23. The first kappa shape index (κ1) is 19.6. The molecule has 0 spiro atoms. The van der Waals surface area contributed by atoms with Crippen molar-refractivity contribution >= 4 is 5.91 Å². The molecule has 7 nitrogen and oxygen atoms in total. The van der Waals surface area contributed by atoms with Crippen molar-refractivity contribution in [2.45, 2.75) is 26.7 Å². The van der Waals surface area contributed by atoms with Crippen LogP contribution in [0.4, 0.5) is 0 Å². The molecular formula is C23H23N5O2. The van der Waals surface area contributed by atoms with Crippen molar-refractivity contribution in [3.8, 4) is 17.4 Å². The second-order valence-corrected chi connectivity index (χ2v) is 7.23. The van der Waals surface area contributed by atoms with E-state index in [4.69, 9.17) is 4.42 Å². The first-order valence-corrected chi connectivity index (χ1v) is 9.81. The maximum Gasteiger partial charge on any atom is 0.254 e. The SMILES string of the molecule is Cc1ccc(-c2ccnc(-n3ncc(C(=O)NCC(C)c4ccccc4)c3C)n2)o1. The molecule has 1 N–H and O–H groups in total. The highest BCUT2D eigenvalue weighted by Crippen LogP contribution is 2.21. The summed E-state index contributed by atoms with van der Waals surface area (Å²) in [6.07, 6.45) is 3.20. The zero-order chi connectivity index (χ0) is 21.1. The van der Waals surface area contributed by atoms with Crippen molar-refractivity contribution in [3.63, 3.8) is 0 Å². The Balaban J connectivity index is 1.50. The standard InChI is InChI=1S/C23H23N5O2/c1-15(18-7-5-4-6-8-18)13-25-22(29)19-14-26-28(17(19)3)23-24-12-11-20(27-23)21-10-9-16(2)30-21/h4-12,14-15H,13H2,1-3H3,(H,25,29). The van der Waals surface area contributed by atoms with E-state index < -0.39 is 0 Å². The summed E-state index contributed by atoms with van der Waals surface area (Å²) >= 11 is 0. The highest BCUT2D eigenvalue weighted by atomic mass is 16.3. The maximum absolute atomic E-state index is 12.7. The van der Waals surface area contributed by atoms with Crippen molar-refractivity contribution in [2.75, 3.05) is 6.54 Å². The normalized spacial score (nSPS) is 12.0. The van der Waals surface area contributed by atoms with Gasteiger partial charge in [-0.3, -0.25) is 4.79 Å². The third-order valence-corrected chi connectivity index (χ3v) is 5.02. The molecule has 7 heteroatoms. The van der Waals surface area contributed by atoms with E-state index in [1.54, 1.807) is 23.1 Å².